The van der Waals surface area contributed by atoms with Gasteiger partial charge in [-0.3, -0.25) is 14.4 Å². The van der Waals surface area contributed by atoms with Gasteiger partial charge in [-0.1, -0.05) is 0 Å². The summed E-state index contributed by atoms with van der Waals surface area (Å²) in [6, 6.07) is -2.70. The average Bonchev–Trinajstić information content (AvgIpc) is 2.92. The average molecular weight is 318 g/mol. The molecule has 1 aliphatic rings. The number of nitrogens with two attached hydrogens (primary N) is 2. The maximum absolute atomic E-state index is 12.4. The molecule has 0 radical (unpaired) electrons. The number of carbonyl (C=O) groups is 3. The molecule has 0 saturated carbocycles. The highest BCUT2D eigenvalue weighted by atomic mass is 32.1. The van der Waals surface area contributed by atoms with Crippen molar-refractivity contribution in [3.63, 3.8) is 0 Å². The van der Waals surface area contributed by atoms with Crippen molar-refractivity contribution in [2.45, 2.75) is 44.0 Å². The summed E-state index contributed by atoms with van der Waals surface area (Å²) in [5.41, 5.74) is 10.8. The van der Waals surface area contributed by atoms with Crippen LogP contribution in [0.25, 0.3) is 0 Å². The molecule has 1 rings (SSSR count). The molecule has 8 nitrogen and oxygen atoms in total. The fourth-order valence-electron chi connectivity index (χ4n) is 2.20. The fourth-order valence-corrected chi connectivity index (χ4v) is 2.45. The molecule has 0 unspecified atom stereocenters. The minimum Gasteiger partial charge on any atom is -0.391 e. The van der Waals surface area contributed by atoms with Crippen LogP contribution in [-0.4, -0.2) is 64.3 Å². The van der Waals surface area contributed by atoms with Gasteiger partial charge in [0.05, 0.1) is 6.10 Å². The number of likely N-dealkylation sites (tertiary alicyclic amines) is 1. The van der Waals surface area contributed by atoms with E-state index in [0.717, 1.165) is 0 Å². The molecule has 120 valence electrons. The summed E-state index contributed by atoms with van der Waals surface area (Å²) in [5, 5.41) is 11.7. The van der Waals surface area contributed by atoms with E-state index in [1.807, 2.05) is 0 Å². The van der Waals surface area contributed by atoms with Crippen molar-refractivity contribution in [2.24, 2.45) is 11.5 Å². The number of nitrogens with one attached hydrogen (secondary N) is 1. The number of hydrogen-bond acceptors (Lipinski definition) is 6. The van der Waals surface area contributed by atoms with Gasteiger partial charge in [-0.15, -0.1) is 0 Å². The Labute approximate surface area is 128 Å². The van der Waals surface area contributed by atoms with Crippen molar-refractivity contribution in [2.75, 3.05) is 12.3 Å². The van der Waals surface area contributed by atoms with Crippen LogP contribution in [0.15, 0.2) is 0 Å². The number of amides is 3. The molecule has 4 atom stereocenters. The topological polar surface area (TPSA) is 139 Å². The quantitative estimate of drug-likeness (QED) is 0.347. The van der Waals surface area contributed by atoms with Crippen molar-refractivity contribution < 1.29 is 19.5 Å². The lowest BCUT2D eigenvalue weighted by Gasteiger charge is -2.28. The highest BCUT2D eigenvalue weighted by molar-refractivity contribution is 7.80. The van der Waals surface area contributed by atoms with Gasteiger partial charge < -0.3 is 26.8 Å². The van der Waals surface area contributed by atoms with E-state index in [-0.39, 0.29) is 5.75 Å². The molecule has 6 N–H and O–H groups in total. The summed E-state index contributed by atoms with van der Waals surface area (Å²) in [4.78, 5) is 36.8. The molecule has 0 aromatic carbocycles. The number of thiol groups is 1. The van der Waals surface area contributed by atoms with E-state index in [0.29, 0.717) is 19.4 Å². The van der Waals surface area contributed by atoms with Crippen LogP contribution >= 0.6 is 12.6 Å². The zero-order chi connectivity index (χ0) is 16.2. The lowest BCUT2D eigenvalue weighted by Crippen LogP contribution is -2.57. The molecule has 1 saturated heterocycles. The molecule has 3 amide bonds. The van der Waals surface area contributed by atoms with Gasteiger partial charge in [0.1, 0.15) is 18.1 Å². The number of hydrogen-bond donors (Lipinski definition) is 5. The van der Waals surface area contributed by atoms with Crippen LogP contribution in [0, 0.1) is 0 Å². The second-order valence-electron chi connectivity index (χ2n) is 5.10. The maximum atomic E-state index is 12.4. The molecule has 21 heavy (non-hydrogen) atoms. The first-order valence-electron chi connectivity index (χ1n) is 6.74. The zero-order valence-corrected chi connectivity index (χ0v) is 12.8. The molecule has 0 aliphatic carbocycles. The van der Waals surface area contributed by atoms with Gasteiger partial charge in [0.15, 0.2) is 0 Å². The van der Waals surface area contributed by atoms with E-state index in [4.69, 9.17) is 11.5 Å². The van der Waals surface area contributed by atoms with Gasteiger partial charge in [-0.05, 0) is 19.8 Å². The highest BCUT2D eigenvalue weighted by Crippen LogP contribution is 2.18. The van der Waals surface area contributed by atoms with Crippen LogP contribution in [0.3, 0.4) is 0 Å². The van der Waals surface area contributed by atoms with Crippen molar-refractivity contribution in [3.8, 4) is 0 Å². The van der Waals surface area contributed by atoms with Gasteiger partial charge >= 0.3 is 0 Å². The Balaban J connectivity index is 2.73. The Morgan fingerprint density at radius 2 is 2.10 bits per heavy atom. The first-order chi connectivity index (χ1) is 9.79. The fraction of sp³-hybridized carbons (Fsp3) is 0.750. The maximum Gasteiger partial charge on any atom is 0.246 e. The molecule has 0 bridgehead atoms. The predicted octanol–water partition coefficient (Wildman–Crippen LogP) is -2.41. The summed E-state index contributed by atoms with van der Waals surface area (Å²) in [6.07, 6.45) is 0.159. The van der Waals surface area contributed by atoms with Gasteiger partial charge in [0, 0.05) is 12.3 Å². The Kier molecular flexibility index (Phi) is 6.43. The molecule has 0 spiro atoms. The molecule has 1 aliphatic heterocycles. The molecule has 9 heteroatoms. The van der Waals surface area contributed by atoms with Gasteiger partial charge in [-0.25, -0.2) is 0 Å². The Morgan fingerprint density at radius 3 is 2.57 bits per heavy atom. The van der Waals surface area contributed by atoms with Crippen LogP contribution < -0.4 is 16.8 Å². The normalized spacial score (nSPS) is 22.5. The summed E-state index contributed by atoms with van der Waals surface area (Å²) < 4.78 is 0. The second-order valence-corrected chi connectivity index (χ2v) is 5.47. The third-order valence-electron chi connectivity index (χ3n) is 3.48. The molecule has 1 fully saturated rings. The molecule has 0 aromatic rings. The predicted molar refractivity (Wildman–Crippen MR) is 79.4 cm³/mol. The van der Waals surface area contributed by atoms with Gasteiger partial charge in [-0.2, -0.15) is 12.6 Å². The standard InChI is InChI=1S/C12H22N4O4S/c1-6(17)9(13)11(19)15-7(5-21)12(20)16-4-2-3-8(16)10(14)18/h6-9,17,21H,2-5,13H2,1H3,(H2,14,18)(H,15,19)/t6-,7+,8+,9+/m1/s1. The Morgan fingerprint density at radius 1 is 1.48 bits per heavy atom. The SMILES string of the molecule is C[C@@H](O)[C@H](N)C(=O)N[C@@H](CS)C(=O)N1CCC[C@H]1C(N)=O. The van der Waals surface area contributed by atoms with Crippen LogP contribution in [0.1, 0.15) is 19.8 Å². The largest absolute Gasteiger partial charge is 0.391 e. The van der Waals surface area contributed by atoms with Crippen molar-refractivity contribution in [3.05, 3.63) is 0 Å². The van der Waals surface area contributed by atoms with Gasteiger partial charge in [0.2, 0.25) is 17.7 Å². The van der Waals surface area contributed by atoms with Crippen molar-refractivity contribution in [1.82, 2.24) is 10.2 Å². The zero-order valence-electron chi connectivity index (χ0n) is 11.9. The number of aliphatic hydroxyl groups excluding tert-OH is 1. The van der Waals surface area contributed by atoms with E-state index < -0.39 is 42.0 Å². The second kappa shape index (κ2) is 7.62. The summed E-state index contributed by atoms with van der Waals surface area (Å²) in [5.74, 6) is -1.57. The van der Waals surface area contributed by atoms with Crippen molar-refractivity contribution >= 4 is 30.4 Å². The minimum absolute atomic E-state index is 0.0546. The Bertz CT molecular complexity index is 418. The molecular formula is C12H22N4O4S. The van der Waals surface area contributed by atoms with E-state index in [9.17, 15) is 19.5 Å². The highest BCUT2D eigenvalue weighted by Gasteiger charge is 2.36. The monoisotopic (exact) mass is 318 g/mol. The summed E-state index contributed by atoms with van der Waals surface area (Å²) in [6.45, 7) is 1.79. The first kappa shape index (κ1) is 17.7. The van der Waals surface area contributed by atoms with Crippen molar-refractivity contribution in [1.29, 1.82) is 0 Å². The lowest BCUT2D eigenvalue weighted by molar-refractivity contribution is -0.140. The number of primary amides is 1. The van der Waals surface area contributed by atoms with E-state index in [1.165, 1.54) is 11.8 Å². The molecule has 0 aromatic heterocycles. The van der Waals surface area contributed by atoms with E-state index in [2.05, 4.69) is 17.9 Å². The summed E-state index contributed by atoms with van der Waals surface area (Å²) >= 11 is 4.04. The number of aliphatic hydroxyl groups is 1. The van der Waals surface area contributed by atoms with Crippen LogP contribution in [0.4, 0.5) is 0 Å². The van der Waals surface area contributed by atoms with Crippen LogP contribution in [-0.2, 0) is 14.4 Å². The molecular weight excluding hydrogens is 296 g/mol. The lowest BCUT2D eigenvalue weighted by atomic mass is 10.1. The Hall–Kier alpha value is -1.32. The number of carbonyl (C=O) groups excluding carboxylic acids is 3. The van der Waals surface area contributed by atoms with Crippen LogP contribution in [0.5, 0.6) is 0 Å². The minimum atomic E-state index is -1.13. The first-order valence-corrected chi connectivity index (χ1v) is 7.37. The summed E-state index contributed by atoms with van der Waals surface area (Å²) in [7, 11) is 0. The van der Waals surface area contributed by atoms with E-state index in [1.54, 1.807) is 0 Å². The third-order valence-corrected chi connectivity index (χ3v) is 3.85. The van der Waals surface area contributed by atoms with Gasteiger partial charge in [0.25, 0.3) is 0 Å². The number of nitrogens with zero attached hydrogens (tertiary/aromatic N) is 1. The molecule has 1 heterocycles. The van der Waals surface area contributed by atoms with E-state index >= 15 is 0 Å². The smallest absolute Gasteiger partial charge is 0.246 e. The number of rotatable bonds is 6. The van der Waals surface area contributed by atoms with Crippen LogP contribution in [0.2, 0.25) is 0 Å². The third kappa shape index (κ3) is 4.32.